The molecule has 1 aromatic heterocycles. The topological polar surface area (TPSA) is 194 Å². The smallest absolute Gasteiger partial charge is 0.417 e. The molecule has 0 spiro atoms. The minimum atomic E-state index is -4.80. The van der Waals surface area contributed by atoms with Crippen LogP contribution in [0.4, 0.5) is 29.3 Å². The average molecular weight is 829 g/mol. The number of aromatic nitrogens is 1. The maximum Gasteiger partial charge on any atom is 0.417 e. The number of sulfonamides is 1. The monoisotopic (exact) mass is 828 g/mol. The fraction of sp³-hybridized carbons (Fsp3) is 0.359. The van der Waals surface area contributed by atoms with Crippen molar-refractivity contribution in [2.45, 2.75) is 50.7 Å². The standard InChI is InChI=1S/C39H43F3N6O9S/c1-4-26-24-46(37(49)28-13-12-27(56-5-2)23-30(28)39(40,41)42)19-20-47(26)33-15-14-31(29-9-7-8-10-35(29)57-6-3)45-32(33)21-25-11-16-36(34(22-25)48(52)53)58(54,55)44-18-17-43-38(50)51/h7-16,22-23,26,43-44H,4-6,17-21,24H2,1-3H3,(H,50,51)/t26-/m1/s1. The number of piperazine rings is 1. The van der Waals surface area contributed by atoms with Crippen LogP contribution in [0.15, 0.2) is 77.7 Å². The summed E-state index contributed by atoms with van der Waals surface area (Å²) in [7, 11) is -4.42. The van der Waals surface area contributed by atoms with Crippen LogP contribution in [0.2, 0.25) is 0 Å². The molecule has 310 valence electrons. The number of hydrogen-bond donors (Lipinski definition) is 3. The number of carboxylic acid groups (broad SMARTS) is 1. The van der Waals surface area contributed by atoms with Crippen LogP contribution >= 0.6 is 0 Å². The van der Waals surface area contributed by atoms with E-state index in [4.69, 9.17) is 19.6 Å². The molecule has 1 aliphatic heterocycles. The number of carbonyl (C=O) groups excluding carboxylic acids is 1. The van der Waals surface area contributed by atoms with Crippen LogP contribution in [0.1, 0.15) is 54.4 Å². The number of nitrogens with one attached hydrogen (secondary N) is 2. The number of nitro groups is 1. The van der Waals surface area contributed by atoms with Gasteiger partial charge in [-0.15, -0.1) is 0 Å². The number of nitro benzene ring substituents is 1. The molecular formula is C39H43F3N6O9S. The number of rotatable bonds is 16. The first-order chi connectivity index (χ1) is 27.6. The average Bonchev–Trinajstić information content (AvgIpc) is 3.19. The second kappa shape index (κ2) is 18.5. The van der Waals surface area contributed by atoms with Crippen molar-refractivity contribution in [1.29, 1.82) is 0 Å². The van der Waals surface area contributed by atoms with Gasteiger partial charge >= 0.3 is 12.3 Å². The van der Waals surface area contributed by atoms with Gasteiger partial charge in [0.25, 0.3) is 11.6 Å². The second-order valence-corrected chi connectivity index (χ2v) is 14.8. The van der Waals surface area contributed by atoms with E-state index in [2.05, 4.69) is 4.72 Å². The normalized spacial score (nSPS) is 14.6. The lowest BCUT2D eigenvalue weighted by Gasteiger charge is -2.43. The highest BCUT2D eigenvalue weighted by Crippen LogP contribution is 2.37. The van der Waals surface area contributed by atoms with Crippen LogP contribution in [0.3, 0.4) is 0 Å². The quantitative estimate of drug-likeness (QED) is 0.0648. The Morgan fingerprint density at radius 1 is 0.983 bits per heavy atom. The Labute approximate surface area is 333 Å². The Morgan fingerprint density at radius 2 is 1.72 bits per heavy atom. The van der Waals surface area contributed by atoms with Crippen LogP contribution in [-0.2, 0) is 22.6 Å². The molecule has 2 heterocycles. The number of nitrogens with zero attached hydrogens (tertiary/aromatic N) is 4. The van der Waals surface area contributed by atoms with E-state index >= 15 is 0 Å². The summed E-state index contributed by atoms with van der Waals surface area (Å²) in [6.45, 7) is 5.66. The molecule has 3 aromatic carbocycles. The third kappa shape index (κ3) is 10.1. The van der Waals surface area contributed by atoms with Gasteiger partial charge < -0.3 is 29.7 Å². The third-order valence-corrected chi connectivity index (χ3v) is 10.9. The summed E-state index contributed by atoms with van der Waals surface area (Å²) in [6, 6.07) is 17.5. The van der Waals surface area contributed by atoms with Crippen molar-refractivity contribution in [3.8, 4) is 22.8 Å². The van der Waals surface area contributed by atoms with Crippen LogP contribution < -0.4 is 24.4 Å². The SMILES string of the molecule is CCOc1ccc(C(=O)N2CCN(c3ccc(-c4ccccc4OCC)nc3Cc3ccc(S(=O)(=O)NCCNC(=O)O)c([N+](=O)[O-])c3)[C@H](CC)C2)c(C(F)(F)F)c1. The molecule has 1 atom stereocenters. The molecule has 15 nitrogen and oxygen atoms in total. The molecule has 4 aromatic rings. The van der Waals surface area contributed by atoms with Gasteiger partial charge in [-0.05, 0) is 74.4 Å². The molecule has 0 radical (unpaired) electrons. The molecule has 0 unspecified atom stereocenters. The van der Waals surface area contributed by atoms with E-state index in [1.54, 1.807) is 19.1 Å². The van der Waals surface area contributed by atoms with Gasteiger partial charge in [0.15, 0.2) is 4.90 Å². The van der Waals surface area contributed by atoms with Gasteiger partial charge in [-0.3, -0.25) is 19.9 Å². The molecule has 0 aliphatic carbocycles. The molecule has 1 fully saturated rings. The van der Waals surface area contributed by atoms with Gasteiger partial charge in [-0.25, -0.2) is 17.9 Å². The van der Waals surface area contributed by atoms with Crippen LogP contribution in [0.25, 0.3) is 11.3 Å². The summed E-state index contributed by atoms with van der Waals surface area (Å²) in [5.74, 6) is -0.206. The Kier molecular flexibility index (Phi) is 13.8. The van der Waals surface area contributed by atoms with E-state index in [9.17, 15) is 41.3 Å². The molecule has 0 saturated carbocycles. The molecule has 0 bridgehead atoms. The van der Waals surface area contributed by atoms with E-state index in [0.29, 0.717) is 47.0 Å². The number of hydrogen-bond acceptors (Lipinski definition) is 10. The Hall–Kier alpha value is -5.95. The van der Waals surface area contributed by atoms with Crippen molar-refractivity contribution >= 4 is 33.4 Å². The minimum Gasteiger partial charge on any atom is -0.494 e. The van der Waals surface area contributed by atoms with Crippen LogP contribution in [0, 0.1) is 10.1 Å². The van der Waals surface area contributed by atoms with Gasteiger partial charge in [-0.1, -0.05) is 25.1 Å². The van der Waals surface area contributed by atoms with Crippen LogP contribution in [-0.4, -0.2) is 92.3 Å². The molecule has 58 heavy (non-hydrogen) atoms. The number of para-hydroxylation sites is 1. The Bertz CT molecular complexity index is 2260. The highest BCUT2D eigenvalue weighted by molar-refractivity contribution is 7.89. The number of ether oxygens (including phenoxy) is 2. The van der Waals surface area contributed by atoms with E-state index < -0.39 is 54.8 Å². The molecule has 1 saturated heterocycles. The lowest BCUT2D eigenvalue weighted by molar-refractivity contribution is -0.387. The Morgan fingerprint density at radius 3 is 2.40 bits per heavy atom. The van der Waals surface area contributed by atoms with Gasteiger partial charge in [-0.2, -0.15) is 13.2 Å². The fourth-order valence-corrected chi connectivity index (χ4v) is 7.92. The summed E-state index contributed by atoms with van der Waals surface area (Å²) < 4.78 is 81.9. The first-order valence-electron chi connectivity index (χ1n) is 18.4. The largest absolute Gasteiger partial charge is 0.494 e. The lowest BCUT2D eigenvalue weighted by Crippen LogP contribution is -2.55. The highest BCUT2D eigenvalue weighted by Gasteiger charge is 2.39. The van der Waals surface area contributed by atoms with Crippen molar-refractivity contribution in [1.82, 2.24) is 19.9 Å². The molecule has 3 N–H and O–H groups in total. The predicted molar refractivity (Wildman–Crippen MR) is 208 cm³/mol. The number of anilines is 1. The summed E-state index contributed by atoms with van der Waals surface area (Å²) in [5.41, 5.74) is 0.321. The van der Waals surface area contributed by atoms with E-state index in [1.165, 1.54) is 17.0 Å². The molecule has 5 rings (SSSR count). The van der Waals surface area contributed by atoms with E-state index in [0.717, 1.165) is 24.3 Å². The van der Waals surface area contributed by atoms with Crippen molar-refractivity contribution in [2.75, 3.05) is 50.8 Å². The molecule has 2 amide bonds. The highest BCUT2D eigenvalue weighted by atomic mass is 32.2. The van der Waals surface area contributed by atoms with Crippen molar-refractivity contribution < 1.29 is 50.7 Å². The van der Waals surface area contributed by atoms with Crippen molar-refractivity contribution in [3.05, 3.63) is 105 Å². The van der Waals surface area contributed by atoms with Gasteiger partial charge in [0, 0.05) is 56.8 Å². The van der Waals surface area contributed by atoms with Gasteiger partial charge in [0.2, 0.25) is 10.0 Å². The van der Waals surface area contributed by atoms with Crippen molar-refractivity contribution in [3.63, 3.8) is 0 Å². The first-order valence-corrected chi connectivity index (χ1v) is 19.9. The molecular weight excluding hydrogens is 786 g/mol. The zero-order chi connectivity index (χ0) is 42.2. The maximum atomic E-state index is 14.2. The number of pyridine rings is 1. The number of carbonyl (C=O) groups is 2. The summed E-state index contributed by atoms with van der Waals surface area (Å²) in [4.78, 5) is 43.7. The van der Waals surface area contributed by atoms with Crippen LogP contribution in [0.5, 0.6) is 11.5 Å². The minimum absolute atomic E-state index is 0.00113. The summed E-state index contributed by atoms with van der Waals surface area (Å²) in [6.07, 6.45) is -5.69. The zero-order valence-corrected chi connectivity index (χ0v) is 32.7. The first kappa shape index (κ1) is 43.2. The van der Waals surface area contributed by atoms with Gasteiger partial charge in [0.1, 0.15) is 11.5 Å². The lowest BCUT2D eigenvalue weighted by atomic mass is 10.0. The zero-order valence-electron chi connectivity index (χ0n) is 31.9. The van der Waals surface area contributed by atoms with E-state index in [1.807, 2.05) is 48.3 Å². The molecule has 19 heteroatoms. The van der Waals surface area contributed by atoms with Gasteiger partial charge in [0.05, 0.1) is 46.3 Å². The summed E-state index contributed by atoms with van der Waals surface area (Å²) in [5, 5.41) is 23.0. The summed E-state index contributed by atoms with van der Waals surface area (Å²) >= 11 is 0. The van der Waals surface area contributed by atoms with E-state index in [-0.39, 0.29) is 57.5 Å². The number of amides is 2. The number of alkyl halides is 3. The predicted octanol–water partition coefficient (Wildman–Crippen LogP) is 6.35. The second-order valence-electron chi connectivity index (χ2n) is 13.1. The maximum absolute atomic E-state index is 14.2. The number of halogens is 3. The Balaban J connectivity index is 1.51. The number of benzene rings is 3. The third-order valence-electron chi connectivity index (χ3n) is 9.38. The molecule has 1 aliphatic rings. The fourth-order valence-electron chi connectivity index (χ4n) is 6.74. The van der Waals surface area contributed by atoms with Crippen molar-refractivity contribution in [2.24, 2.45) is 0 Å².